The summed E-state index contributed by atoms with van der Waals surface area (Å²) in [6, 6.07) is 6.52. The van der Waals surface area contributed by atoms with Crippen molar-refractivity contribution in [2.24, 2.45) is 0 Å². The van der Waals surface area contributed by atoms with Crippen LogP contribution < -0.4 is 0 Å². The molecule has 0 unspecified atom stereocenters. The number of rotatable bonds is 23. The van der Waals surface area contributed by atoms with Gasteiger partial charge in [0.25, 0.3) is 10.1 Å². The molecule has 0 bridgehead atoms. The van der Waals surface area contributed by atoms with E-state index in [1.807, 2.05) is 6.92 Å². The summed E-state index contributed by atoms with van der Waals surface area (Å²) in [5.41, 5.74) is 0.993. The van der Waals surface area contributed by atoms with Crippen LogP contribution in [0.25, 0.3) is 0 Å². The minimum absolute atomic E-state index is 0.0180. The van der Waals surface area contributed by atoms with Crippen molar-refractivity contribution in [3.8, 4) is 0 Å². The summed E-state index contributed by atoms with van der Waals surface area (Å²) in [6.07, 6.45) is 2.04. The van der Waals surface area contributed by atoms with Gasteiger partial charge in [0.2, 0.25) is 0 Å². The van der Waals surface area contributed by atoms with Crippen LogP contribution in [0.15, 0.2) is 29.2 Å². The van der Waals surface area contributed by atoms with Gasteiger partial charge in [-0.2, -0.15) is 8.42 Å². The van der Waals surface area contributed by atoms with E-state index in [1.165, 1.54) is 12.1 Å². The van der Waals surface area contributed by atoms with E-state index < -0.39 is 10.1 Å². The third-order valence-electron chi connectivity index (χ3n) is 4.20. The van der Waals surface area contributed by atoms with Gasteiger partial charge in [-0.25, -0.2) is 0 Å². The quantitative estimate of drug-likeness (QED) is 0.164. The fourth-order valence-corrected chi connectivity index (χ4v) is 3.31. The van der Waals surface area contributed by atoms with Gasteiger partial charge in [-0.3, -0.25) is 4.18 Å². The number of ether oxygens (including phenoxy) is 6. The van der Waals surface area contributed by atoms with Crippen molar-refractivity contribution < 1.29 is 46.1 Å². The zero-order valence-corrected chi connectivity index (χ0v) is 23.0. The molecule has 0 aliphatic heterocycles. The van der Waals surface area contributed by atoms with E-state index in [0.717, 1.165) is 31.6 Å². The zero-order chi connectivity index (χ0) is 26.7. The largest absolute Gasteiger partial charge is 0.394 e. The summed E-state index contributed by atoms with van der Waals surface area (Å²) < 4.78 is 59.9. The molecule has 10 nitrogen and oxygen atoms in total. The fourth-order valence-electron chi connectivity index (χ4n) is 2.41. The molecular weight excluding hydrogens is 492 g/mol. The van der Waals surface area contributed by atoms with E-state index in [-0.39, 0.29) is 24.7 Å². The Labute approximate surface area is 217 Å². The lowest BCUT2D eigenvalue weighted by Gasteiger charge is -2.08. The zero-order valence-electron chi connectivity index (χ0n) is 22.2. The Morgan fingerprint density at radius 3 is 1.33 bits per heavy atom. The molecule has 0 saturated carbocycles. The number of hydrogen-bond acceptors (Lipinski definition) is 10. The van der Waals surface area contributed by atoms with Crippen LogP contribution in [0.3, 0.4) is 0 Å². The van der Waals surface area contributed by atoms with Gasteiger partial charge in [0.05, 0.1) is 84.2 Å². The Bertz CT molecular complexity index is 673. The molecule has 0 atom stereocenters. The molecule has 0 aliphatic carbocycles. The second-order valence-corrected chi connectivity index (χ2v) is 9.10. The lowest BCUT2D eigenvalue weighted by Crippen LogP contribution is -2.14. The van der Waals surface area contributed by atoms with Crippen LogP contribution in [0.1, 0.15) is 32.3 Å². The Morgan fingerprint density at radius 2 is 0.944 bits per heavy atom. The SMILES string of the molecule is CCCOCCOCCOCCO.CCCOCCOCCOCCOS(=O)(=O)c1ccc(C)cc1. The number of aryl methyl sites for hydroxylation is 1. The van der Waals surface area contributed by atoms with E-state index in [0.29, 0.717) is 59.5 Å². The first-order valence-corrected chi connectivity index (χ1v) is 13.9. The molecule has 0 saturated heterocycles. The molecule has 0 radical (unpaired) electrons. The minimum atomic E-state index is -3.72. The van der Waals surface area contributed by atoms with Crippen molar-refractivity contribution in [1.82, 2.24) is 0 Å². The van der Waals surface area contributed by atoms with Gasteiger partial charge in [0.1, 0.15) is 0 Å². The van der Waals surface area contributed by atoms with E-state index in [9.17, 15) is 8.42 Å². The molecule has 0 heterocycles. The molecule has 36 heavy (non-hydrogen) atoms. The van der Waals surface area contributed by atoms with E-state index in [2.05, 4.69) is 13.8 Å². The highest BCUT2D eigenvalue weighted by Gasteiger charge is 2.14. The van der Waals surface area contributed by atoms with Gasteiger partial charge >= 0.3 is 0 Å². The molecule has 1 rings (SSSR count). The molecule has 11 heteroatoms. The molecule has 0 amide bonds. The number of aliphatic hydroxyl groups is 1. The molecule has 212 valence electrons. The maximum atomic E-state index is 11.9. The summed E-state index contributed by atoms with van der Waals surface area (Å²) in [6.45, 7) is 12.5. The molecular formula is C25H46O10S. The minimum Gasteiger partial charge on any atom is -0.394 e. The molecule has 1 N–H and O–H groups in total. The molecule has 0 spiro atoms. The van der Waals surface area contributed by atoms with Gasteiger partial charge in [-0.1, -0.05) is 31.5 Å². The number of hydrogen-bond donors (Lipinski definition) is 1. The standard InChI is InChI=1S/C16H26O6S.C9H20O4/c1-3-8-19-9-10-20-11-12-21-13-14-22-23(17,18)16-6-4-15(2)5-7-16;1-2-4-11-6-8-13-9-7-12-5-3-10/h4-7H,3,8-14H2,1-2H3;10H,2-9H2,1H3. The lowest BCUT2D eigenvalue weighted by atomic mass is 10.2. The predicted molar refractivity (Wildman–Crippen MR) is 137 cm³/mol. The van der Waals surface area contributed by atoms with Crippen LogP contribution in [0.2, 0.25) is 0 Å². The number of benzene rings is 1. The summed E-state index contributed by atoms with van der Waals surface area (Å²) in [5, 5.41) is 8.38. The first-order chi connectivity index (χ1) is 17.5. The summed E-state index contributed by atoms with van der Waals surface area (Å²) >= 11 is 0. The first kappa shape index (κ1) is 34.9. The highest BCUT2D eigenvalue weighted by Crippen LogP contribution is 2.12. The summed E-state index contributed by atoms with van der Waals surface area (Å²) in [5.74, 6) is 0. The van der Waals surface area contributed by atoms with Crippen molar-refractivity contribution in [1.29, 1.82) is 0 Å². The molecule has 0 fully saturated rings. The summed E-state index contributed by atoms with van der Waals surface area (Å²) in [4.78, 5) is 0.151. The lowest BCUT2D eigenvalue weighted by molar-refractivity contribution is 0.00783. The average molecular weight is 539 g/mol. The Balaban J connectivity index is 0.000000802. The predicted octanol–water partition coefficient (Wildman–Crippen LogP) is 2.60. The highest BCUT2D eigenvalue weighted by molar-refractivity contribution is 7.86. The third-order valence-corrected chi connectivity index (χ3v) is 5.52. The van der Waals surface area contributed by atoms with Gasteiger partial charge < -0.3 is 33.5 Å². The van der Waals surface area contributed by atoms with Gasteiger partial charge in [-0.15, -0.1) is 0 Å². The van der Waals surface area contributed by atoms with Crippen molar-refractivity contribution in [2.45, 2.75) is 38.5 Å². The molecule has 0 aromatic heterocycles. The number of aliphatic hydroxyl groups excluding tert-OH is 1. The van der Waals surface area contributed by atoms with Crippen LogP contribution in [-0.2, 0) is 42.7 Å². The van der Waals surface area contributed by atoms with E-state index in [4.69, 9.17) is 37.7 Å². The van der Waals surface area contributed by atoms with Crippen LogP contribution >= 0.6 is 0 Å². The van der Waals surface area contributed by atoms with Crippen LogP contribution in [0.4, 0.5) is 0 Å². The molecule has 0 aliphatic rings. The average Bonchev–Trinajstić information content (AvgIpc) is 2.87. The van der Waals surface area contributed by atoms with Crippen LogP contribution in [-0.4, -0.2) is 106 Å². The first-order valence-electron chi connectivity index (χ1n) is 12.5. The van der Waals surface area contributed by atoms with Gasteiger partial charge in [0, 0.05) is 13.2 Å². The Kier molecular flexibility index (Phi) is 24.7. The molecule has 1 aromatic rings. The van der Waals surface area contributed by atoms with Gasteiger partial charge in [0.15, 0.2) is 0 Å². The fraction of sp³-hybridized carbons (Fsp3) is 0.760. The van der Waals surface area contributed by atoms with E-state index >= 15 is 0 Å². The van der Waals surface area contributed by atoms with Crippen LogP contribution in [0.5, 0.6) is 0 Å². The smallest absolute Gasteiger partial charge is 0.297 e. The van der Waals surface area contributed by atoms with Crippen molar-refractivity contribution in [2.75, 3.05) is 92.5 Å². The molecule has 1 aromatic carbocycles. The topological polar surface area (TPSA) is 119 Å². The normalized spacial score (nSPS) is 11.3. The second kappa shape index (κ2) is 25.5. The summed E-state index contributed by atoms with van der Waals surface area (Å²) in [7, 11) is -3.72. The van der Waals surface area contributed by atoms with Gasteiger partial charge in [-0.05, 0) is 31.9 Å². The third kappa shape index (κ3) is 22.1. The maximum Gasteiger partial charge on any atom is 0.297 e. The highest BCUT2D eigenvalue weighted by atomic mass is 32.2. The van der Waals surface area contributed by atoms with Crippen molar-refractivity contribution >= 4 is 10.1 Å². The maximum absolute atomic E-state index is 11.9. The van der Waals surface area contributed by atoms with Crippen molar-refractivity contribution in [3.63, 3.8) is 0 Å². The van der Waals surface area contributed by atoms with E-state index in [1.54, 1.807) is 12.1 Å². The monoisotopic (exact) mass is 538 g/mol. The van der Waals surface area contributed by atoms with Crippen LogP contribution in [0, 0.1) is 6.92 Å². The Hall–Kier alpha value is -1.15. The Morgan fingerprint density at radius 1 is 0.583 bits per heavy atom. The van der Waals surface area contributed by atoms with Crippen molar-refractivity contribution in [3.05, 3.63) is 29.8 Å². The second-order valence-electron chi connectivity index (χ2n) is 7.49.